The van der Waals surface area contributed by atoms with E-state index in [0.29, 0.717) is 6.42 Å². The van der Waals surface area contributed by atoms with E-state index in [1.165, 1.54) is 205 Å². The van der Waals surface area contributed by atoms with E-state index < -0.39 is 24.2 Å². The highest BCUT2D eigenvalue weighted by molar-refractivity contribution is 5.80. The molecule has 1 amide bonds. The SMILES string of the molecule is CCCCCCCCCCCCCC/C=C\CCCCCCCCC(O)C(=O)NC(CO)C(O)/C=C/CCCCCCCCCCCCCCCCCC. The molecule has 0 fully saturated rings. The van der Waals surface area contributed by atoms with Crippen molar-refractivity contribution in [1.29, 1.82) is 0 Å². The average Bonchev–Trinajstić information content (AvgIpc) is 3.18. The molecule has 3 atom stereocenters. The zero-order valence-electron chi connectivity index (χ0n) is 36.4. The molecule has 4 N–H and O–H groups in total. The molecule has 0 rings (SSSR count). The van der Waals surface area contributed by atoms with Crippen molar-refractivity contribution < 1.29 is 20.1 Å². The van der Waals surface area contributed by atoms with Gasteiger partial charge in [0.15, 0.2) is 0 Å². The van der Waals surface area contributed by atoms with E-state index in [1.807, 2.05) is 6.08 Å². The minimum atomic E-state index is -1.10. The number of amides is 1. The summed E-state index contributed by atoms with van der Waals surface area (Å²) in [5.74, 6) is -0.505. The molecule has 0 aromatic heterocycles. The third-order valence-electron chi connectivity index (χ3n) is 11.3. The molecule has 0 saturated heterocycles. The summed E-state index contributed by atoms with van der Waals surface area (Å²) in [5.41, 5.74) is 0. The van der Waals surface area contributed by atoms with Crippen LogP contribution in [-0.4, -0.2) is 46.1 Å². The van der Waals surface area contributed by atoms with Crippen LogP contribution < -0.4 is 5.32 Å². The zero-order chi connectivity index (χ0) is 39.4. The van der Waals surface area contributed by atoms with Crippen LogP contribution in [0.1, 0.15) is 258 Å². The van der Waals surface area contributed by atoms with E-state index in [1.54, 1.807) is 6.08 Å². The smallest absolute Gasteiger partial charge is 0.249 e. The fraction of sp³-hybridized carbons (Fsp3) is 0.898. The summed E-state index contributed by atoms with van der Waals surface area (Å²) in [7, 11) is 0. The van der Waals surface area contributed by atoms with E-state index in [2.05, 4.69) is 31.3 Å². The van der Waals surface area contributed by atoms with Gasteiger partial charge in [-0.2, -0.15) is 0 Å². The van der Waals surface area contributed by atoms with Gasteiger partial charge in [-0.3, -0.25) is 4.79 Å². The Bertz CT molecular complexity index is 799. The summed E-state index contributed by atoms with van der Waals surface area (Å²) in [6, 6.07) is -0.798. The summed E-state index contributed by atoms with van der Waals surface area (Å²) < 4.78 is 0. The van der Waals surface area contributed by atoms with Crippen LogP contribution in [0.2, 0.25) is 0 Å². The number of hydrogen-bond acceptors (Lipinski definition) is 4. The fourth-order valence-corrected chi connectivity index (χ4v) is 7.47. The Hall–Kier alpha value is -1.17. The van der Waals surface area contributed by atoms with Gasteiger partial charge in [-0.1, -0.05) is 237 Å². The first-order chi connectivity index (χ1) is 26.6. The molecule has 0 aliphatic carbocycles. The summed E-state index contributed by atoms with van der Waals surface area (Å²) in [6.07, 6.45) is 55.1. The molecule has 0 bridgehead atoms. The second kappa shape index (κ2) is 44.5. The lowest BCUT2D eigenvalue weighted by Gasteiger charge is -2.21. The Labute approximate surface area is 337 Å². The van der Waals surface area contributed by atoms with E-state index in [0.717, 1.165) is 32.1 Å². The van der Waals surface area contributed by atoms with Crippen molar-refractivity contribution in [3.05, 3.63) is 24.3 Å². The number of carbonyl (C=O) groups excluding carboxylic acids is 1. The second-order valence-electron chi connectivity index (χ2n) is 16.7. The number of hydrogen-bond donors (Lipinski definition) is 4. The van der Waals surface area contributed by atoms with Crippen LogP contribution in [0, 0.1) is 0 Å². The minimum absolute atomic E-state index is 0.363. The quantitative estimate of drug-likeness (QED) is 0.0368. The van der Waals surface area contributed by atoms with Crippen LogP contribution in [0.3, 0.4) is 0 Å². The summed E-state index contributed by atoms with van der Waals surface area (Å²) in [5, 5.41) is 33.2. The third-order valence-corrected chi connectivity index (χ3v) is 11.3. The molecule has 3 unspecified atom stereocenters. The molecular weight excluding hydrogens is 667 g/mol. The van der Waals surface area contributed by atoms with E-state index in [9.17, 15) is 20.1 Å². The standard InChI is InChI=1S/C49H95NO4/c1-3-5-7-9-11-13-15-17-19-21-23-24-25-26-28-30-32-34-36-38-40-42-44-48(53)49(54)50-46(45-51)47(52)43-41-39-37-35-33-31-29-27-22-20-18-16-14-12-10-8-6-4-2/h26,28,41,43,46-48,51-53H,3-25,27,29-40,42,44-45H2,1-2H3,(H,50,54)/b28-26-,43-41+. The highest BCUT2D eigenvalue weighted by Gasteiger charge is 2.22. The summed E-state index contributed by atoms with van der Waals surface area (Å²) in [4.78, 5) is 12.5. The number of aliphatic hydroxyl groups excluding tert-OH is 3. The first kappa shape index (κ1) is 52.8. The van der Waals surface area contributed by atoms with Crippen LogP contribution in [-0.2, 0) is 4.79 Å². The monoisotopic (exact) mass is 762 g/mol. The van der Waals surface area contributed by atoms with Crippen molar-refractivity contribution in [2.24, 2.45) is 0 Å². The maximum Gasteiger partial charge on any atom is 0.249 e. The maximum absolute atomic E-state index is 12.5. The number of rotatable bonds is 44. The molecule has 0 saturated carbocycles. The number of allylic oxidation sites excluding steroid dienone is 3. The molecule has 0 spiro atoms. The Morgan fingerprint density at radius 1 is 0.444 bits per heavy atom. The zero-order valence-corrected chi connectivity index (χ0v) is 36.4. The second-order valence-corrected chi connectivity index (χ2v) is 16.7. The minimum Gasteiger partial charge on any atom is -0.394 e. The largest absolute Gasteiger partial charge is 0.394 e. The lowest BCUT2D eigenvalue weighted by Crippen LogP contribution is -2.48. The highest BCUT2D eigenvalue weighted by Crippen LogP contribution is 2.16. The number of carbonyl (C=O) groups is 1. The van der Waals surface area contributed by atoms with Gasteiger partial charge >= 0.3 is 0 Å². The predicted octanol–water partition coefficient (Wildman–Crippen LogP) is 14.2. The highest BCUT2D eigenvalue weighted by atomic mass is 16.3. The van der Waals surface area contributed by atoms with Crippen LogP contribution >= 0.6 is 0 Å². The topological polar surface area (TPSA) is 89.8 Å². The van der Waals surface area contributed by atoms with Gasteiger partial charge in [-0.25, -0.2) is 0 Å². The van der Waals surface area contributed by atoms with Crippen molar-refractivity contribution in [3.63, 3.8) is 0 Å². The van der Waals surface area contributed by atoms with Gasteiger partial charge in [-0.15, -0.1) is 0 Å². The van der Waals surface area contributed by atoms with Crippen LogP contribution in [0.4, 0.5) is 0 Å². The molecule has 0 aliphatic rings. The van der Waals surface area contributed by atoms with Gasteiger partial charge in [-0.05, 0) is 44.9 Å². The lowest BCUT2D eigenvalue weighted by atomic mass is 10.0. The molecular formula is C49H95NO4. The molecule has 320 valence electrons. The van der Waals surface area contributed by atoms with E-state index in [4.69, 9.17) is 0 Å². The van der Waals surface area contributed by atoms with Crippen LogP contribution in [0.15, 0.2) is 24.3 Å². The van der Waals surface area contributed by atoms with Gasteiger partial charge in [0.25, 0.3) is 0 Å². The molecule has 0 aliphatic heterocycles. The molecule has 0 radical (unpaired) electrons. The average molecular weight is 762 g/mol. The van der Waals surface area contributed by atoms with Gasteiger partial charge in [0.05, 0.1) is 18.8 Å². The Morgan fingerprint density at radius 2 is 0.741 bits per heavy atom. The Kier molecular flexibility index (Phi) is 43.6. The van der Waals surface area contributed by atoms with Crippen LogP contribution in [0.25, 0.3) is 0 Å². The van der Waals surface area contributed by atoms with Gasteiger partial charge in [0.2, 0.25) is 5.91 Å². The van der Waals surface area contributed by atoms with E-state index in [-0.39, 0.29) is 6.61 Å². The molecule has 0 heterocycles. The molecule has 5 heteroatoms. The van der Waals surface area contributed by atoms with E-state index >= 15 is 0 Å². The maximum atomic E-state index is 12.5. The summed E-state index contributed by atoms with van der Waals surface area (Å²) >= 11 is 0. The Balaban J connectivity index is 3.64. The van der Waals surface area contributed by atoms with Crippen molar-refractivity contribution >= 4 is 5.91 Å². The molecule has 54 heavy (non-hydrogen) atoms. The van der Waals surface area contributed by atoms with Crippen molar-refractivity contribution in [2.45, 2.75) is 276 Å². The van der Waals surface area contributed by atoms with Crippen molar-refractivity contribution in [1.82, 2.24) is 5.32 Å². The molecule has 0 aromatic rings. The number of aliphatic hydroxyl groups is 3. The number of unbranched alkanes of at least 4 members (excludes halogenated alkanes) is 34. The van der Waals surface area contributed by atoms with Gasteiger partial charge in [0, 0.05) is 0 Å². The molecule has 0 aromatic carbocycles. The first-order valence-electron chi connectivity index (χ1n) is 24.2. The molecule has 5 nitrogen and oxygen atoms in total. The first-order valence-corrected chi connectivity index (χ1v) is 24.2. The van der Waals surface area contributed by atoms with Gasteiger partial charge < -0.3 is 20.6 Å². The Morgan fingerprint density at radius 3 is 1.07 bits per heavy atom. The summed E-state index contributed by atoms with van der Waals surface area (Å²) in [6.45, 7) is 4.20. The van der Waals surface area contributed by atoms with Crippen molar-refractivity contribution in [2.75, 3.05) is 6.61 Å². The number of nitrogens with one attached hydrogen (secondary N) is 1. The third kappa shape index (κ3) is 39.1. The predicted molar refractivity (Wildman–Crippen MR) is 236 cm³/mol. The lowest BCUT2D eigenvalue weighted by molar-refractivity contribution is -0.131. The van der Waals surface area contributed by atoms with Crippen LogP contribution in [0.5, 0.6) is 0 Å². The van der Waals surface area contributed by atoms with Gasteiger partial charge in [0.1, 0.15) is 6.10 Å². The fourth-order valence-electron chi connectivity index (χ4n) is 7.47. The van der Waals surface area contributed by atoms with Crippen molar-refractivity contribution in [3.8, 4) is 0 Å². The normalized spacial score (nSPS) is 13.6.